The Morgan fingerprint density at radius 2 is 1.15 bits per heavy atom. The Morgan fingerprint density at radius 3 is 1.68 bits per heavy atom. The third-order valence-electron chi connectivity index (χ3n) is 13.5. The fourth-order valence-electron chi connectivity index (χ4n) is 8.92. The summed E-state index contributed by atoms with van der Waals surface area (Å²) in [6.07, 6.45) is 12.5. The minimum Gasteiger partial charge on any atom is -0.399 e. The van der Waals surface area contributed by atoms with Gasteiger partial charge in [0, 0.05) is 107 Å². The molecule has 11 rings (SSSR count). The number of imidazole rings is 2. The first-order chi connectivity index (χ1) is 32.4. The van der Waals surface area contributed by atoms with Crippen LogP contribution in [0.3, 0.4) is 0 Å². The van der Waals surface area contributed by atoms with Crippen molar-refractivity contribution < 1.29 is 18.9 Å². The van der Waals surface area contributed by atoms with Crippen molar-refractivity contribution in [2.24, 2.45) is 28.2 Å². The van der Waals surface area contributed by atoms with E-state index >= 15 is 0 Å². The molecule has 2 amide bonds. The molecule has 0 radical (unpaired) electrons. The highest BCUT2D eigenvalue weighted by Gasteiger charge is 2.51. The molecule has 0 saturated carbocycles. The van der Waals surface area contributed by atoms with E-state index in [1.54, 1.807) is 9.36 Å². The Bertz CT molecular complexity index is 3160. The van der Waals surface area contributed by atoms with Crippen molar-refractivity contribution in [2.45, 2.75) is 91.8 Å². The summed E-state index contributed by atoms with van der Waals surface area (Å²) in [5, 5.41) is 20.1. The molecular weight excluding hydrogens is 974 g/mol. The third kappa shape index (κ3) is 8.88. The fourth-order valence-corrected chi connectivity index (χ4v) is 9.53. The van der Waals surface area contributed by atoms with Gasteiger partial charge < -0.3 is 28.2 Å². The molecule has 6 aromatic heterocycles. The number of halogens is 1. The number of carbonyl (C=O) groups excluding carboxylic acids is 2. The highest BCUT2D eigenvalue weighted by Crippen LogP contribution is 2.37. The third-order valence-corrected chi connectivity index (χ3v) is 14.4. The molecule has 3 aliphatic rings. The SMILES string of the molecule is CCC(=O)N1CCn2cnc(-c3ccc4c(c3)c(-c3cnn(C)c3)nn4C)c2C1.CCC(=O)N1CCn2cnc(I)c2C1.Cn1cc(-c2nn(C)c3ccc(B4OC(C)(C)C(C)(C)O4)cc23)cn1. The molecule has 9 heterocycles. The van der Waals surface area contributed by atoms with Crippen molar-refractivity contribution in [3.8, 4) is 33.8 Å². The van der Waals surface area contributed by atoms with E-state index in [9.17, 15) is 9.59 Å². The number of amides is 2. The van der Waals surface area contributed by atoms with Crippen LogP contribution in [0.1, 0.15) is 65.8 Å². The average molecular weight is 1030 g/mol. The van der Waals surface area contributed by atoms with E-state index in [0.717, 1.165) is 96.6 Å². The van der Waals surface area contributed by atoms with Gasteiger partial charge in [-0.2, -0.15) is 20.4 Å². The first-order valence-electron chi connectivity index (χ1n) is 23.0. The molecule has 354 valence electrons. The maximum atomic E-state index is 12.2. The lowest BCUT2D eigenvalue weighted by Crippen LogP contribution is -2.41. The van der Waals surface area contributed by atoms with Crippen molar-refractivity contribution >= 4 is 68.8 Å². The molecule has 1 saturated heterocycles. The van der Waals surface area contributed by atoms with Gasteiger partial charge in [-0.3, -0.25) is 28.3 Å². The summed E-state index contributed by atoms with van der Waals surface area (Å²) < 4.78 is 25.0. The van der Waals surface area contributed by atoms with Crippen LogP contribution in [0.4, 0.5) is 0 Å². The predicted octanol–water partition coefficient (Wildman–Crippen LogP) is 6.10. The molecule has 1 fully saturated rings. The van der Waals surface area contributed by atoms with Gasteiger partial charge in [0.1, 0.15) is 15.1 Å². The molecule has 2 aromatic carbocycles. The summed E-state index contributed by atoms with van der Waals surface area (Å²) >= 11 is 2.21. The van der Waals surface area contributed by atoms with Crippen molar-refractivity contribution in [3.05, 3.63) is 88.9 Å². The smallest absolute Gasteiger partial charge is 0.399 e. The van der Waals surface area contributed by atoms with E-state index in [1.165, 1.54) is 5.69 Å². The van der Waals surface area contributed by atoms with Gasteiger partial charge in [0.15, 0.2) is 0 Å². The number of carbonyl (C=O) groups is 2. The molecule has 0 unspecified atom stereocenters. The van der Waals surface area contributed by atoms with Crippen LogP contribution in [0.15, 0.2) is 73.8 Å². The van der Waals surface area contributed by atoms with Crippen LogP contribution in [0.2, 0.25) is 0 Å². The monoisotopic (exact) mass is 1030 g/mol. The van der Waals surface area contributed by atoms with Crippen LogP contribution in [-0.4, -0.2) is 111 Å². The number of fused-ring (bicyclic) bond motifs is 4. The Morgan fingerprint density at radius 1 is 0.647 bits per heavy atom. The van der Waals surface area contributed by atoms with E-state index in [-0.39, 0.29) is 30.1 Å². The Balaban J connectivity index is 0.000000135. The van der Waals surface area contributed by atoms with Gasteiger partial charge in [0.05, 0.1) is 77.5 Å². The number of aryl methyl sites for hydroxylation is 4. The summed E-state index contributed by atoms with van der Waals surface area (Å²) in [5.41, 5.74) is 10.5. The van der Waals surface area contributed by atoms with Gasteiger partial charge in [-0.1, -0.05) is 32.0 Å². The highest BCUT2D eigenvalue weighted by atomic mass is 127. The van der Waals surface area contributed by atoms with Crippen LogP contribution in [0.25, 0.3) is 55.6 Å². The summed E-state index contributed by atoms with van der Waals surface area (Å²) in [6, 6.07) is 12.6. The van der Waals surface area contributed by atoms with Gasteiger partial charge >= 0.3 is 7.12 Å². The van der Waals surface area contributed by atoms with E-state index in [0.29, 0.717) is 25.9 Å². The Hall–Kier alpha value is -6.13. The second kappa shape index (κ2) is 18.4. The van der Waals surface area contributed by atoms with E-state index < -0.39 is 0 Å². The predicted molar refractivity (Wildman–Crippen MR) is 269 cm³/mol. The summed E-state index contributed by atoms with van der Waals surface area (Å²) in [6.45, 7) is 16.6. The molecule has 3 aliphatic heterocycles. The normalized spacial score (nSPS) is 16.1. The van der Waals surface area contributed by atoms with Crippen LogP contribution in [0.5, 0.6) is 0 Å². The molecular formula is C48H58BIN14O4. The van der Waals surface area contributed by atoms with Crippen molar-refractivity contribution in [1.29, 1.82) is 0 Å². The number of nitrogens with zero attached hydrogens (tertiary/aromatic N) is 14. The van der Waals surface area contributed by atoms with E-state index in [4.69, 9.17) is 14.4 Å². The molecule has 68 heavy (non-hydrogen) atoms. The Kier molecular flexibility index (Phi) is 12.7. The summed E-state index contributed by atoms with van der Waals surface area (Å²) in [5.74, 6) is 0.415. The molecule has 0 spiro atoms. The van der Waals surface area contributed by atoms with Gasteiger partial charge in [0.25, 0.3) is 0 Å². The maximum absolute atomic E-state index is 12.2. The number of hydrogen-bond acceptors (Lipinski definition) is 10. The van der Waals surface area contributed by atoms with E-state index in [1.807, 2.05) is 98.6 Å². The molecule has 20 heteroatoms. The average Bonchev–Trinajstić information content (AvgIpc) is 4.22. The lowest BCUT2D eigenvalue weighted by Gasteiger charge is -2.32. The number of rotatable bonds is 6. The van der Waals surface area contributed by atoms with Crippen LogP contribution in [0, 0.1) is 3.70 Å². The second-order valence-electron chi connectivity index (χ2n) is 18.6. The largest absolute Gasteiger partial charge is 0.494 e. The topological polar surface area (TPSA) is 166 Å². The quantitative estimate of drug-likeness (QED) is 0.140. The molecule has 0 aliphatic carbocycles. The van der Waals surface area contributed by atoms with Crippen LogP contribution in [-0.2, 0) is 73.3 Å². The molecule has 18 nitrogen and oxygen atoms in total. The van der Waals surface area contributed by atoms with Crippen LogP contribution >= 0.6 is 22.6 Å². The van der Waals surface area contributed by atoms with Gasteiger partial charge in [-0.25, -0.2) is 9.97 Å². The zero-order valence-electron chi connectivity index (χ0n) is 40.4. The Labute approximate surface area is 409 Å². The molecule has 0 N–H and O–H groups in total. The first-order valence-corrected chi connectivity index (χ1v) is 24.1. The summed E-state index contributed by atoms with van der Waals surface area (Å²) in [7, 11) is 7.34. The van der Waals surface area contributed by atoms with Crippen molar-refractivity contribution in [1.82, 2.24) is 68.0 Å². The molecule has 0 atom stereocenters. The fraction of sp³-hybridized carbons (Fsp3) is 0.417. The zero-order chi connectivity index (χ0) is 48.2. The molecule has 0 bridgehead atoms. The van der Waals surface area contributed by atoms with Gasteiger partial charge in [-0.15, -0.1) is 0 Å². The second-order valence-corrected chi connectivity index (χ2v) is 19.6. The number of benzene rings is 2. The van der Waals surface area contributed by atoms with Crippen LogP contribution < -0.4 is 5.46 Å². The maximum Gasteiger partial charge on any atom is 0.494 e. The molecule has 8 aromatic rings. The minimum atomic E-state index is -0.378. The first kappa shape index (κ1) is 47.0. The number of hydrogen-bond donors (Lipinski definition) is 0. The standard InChI is InChI=1S/C21H23N7O.C18H23BN4O2.C9H12IN3O/c1-4-19(29)27-7-8-28-13-22-21(18(28)12-27)14-5-6-17-16(9-14)20(24-26(17)3)15-10-23-25(2)11-15;1-17(2)18(3,4)25-19(24-17)13-7-8-15-14(9-13)16(21-23(15)6)12-10-20-22(5)11-12;1-2-8(14)12-3-4-13-6-11-9(10)7(13)5-12/h5-6,9-11,13H,4,7-8,12H2,1-3H3;7-11H,1-6H3;6H,2-5H2,1H3. The van der Waals surface area contributed by atoms with E-state index in [2.05, 4.69) is 121 Å². The number of aromatic nitrogens is 12. The van der Waals surface area contributed by atoms with Crippen molar-refractivity contribution in [3.63, 3.8) is 0 Å². The highest BCUT2D eigenvalue weighted by molar-refractivity contribution is 14.1. The lowest BCUT2D eigenvalue weighted by atomic mass is 9.78. The lowest BCUT2D eigenvalue weighted by molar-refractivity contribution is -0.133. The van der Waals surface area contributed by atoms with Gasteiger partial charge in [-0.05, 0) is 73.9 Å². The minimum absolute atomic E-state index is 0.185. The van der Waals surface area contributed by atoms with Gasteiger partial charge in [0.2, 0.25) is 11.8 Å². The zero-order valence-corrected chi connectivity index (χ0v) is 42.6. The van der Waals surface area contributed by atoms with Crippen molar-refractivity contribution in [2.75, 3.05) is 13.1 Å². The summed E-state index contributed by atoms with van der Waals surface area (Å²) in [4.78, 5) is 36.4.